The molecule has 1 aliphatic heterocycles. The van der Waals surface area contributed by atoms with E-state index >= 15 is 4.39 Å². The van der Waals surface area contributed by atoms with E-state index < -0.39 is 57.8 Å². The number of phenols is 1. The number of nitrogens with zero attached hydrogens (tertiary/aromatic N) is 2. The summed E-state index contributed by atoms with van der Waals surface area (Å²) < 4.78 is 70.0. The molecule has 3 N–H and O–H groups in total. The van der Waals surface area contributed by atoms with Crippen LogP contribution in [0, 0.1) is 25.5 Å². The van der Waals surface area contributed by atoms with Crippen molar-refractivity contribution in [3.63, 3.8) is 0 Å². The zero-order valence-electron chi connectivity index (χ0n) is 22.1. The number of fused-ring (bicyclic) bond motifs is 1. The molecule has 43 heavy (non-hydrogen) atoms. The number of aromatic carboxylic acids is 1. The molecule has 0 fully saturated rings. The van der Waals surface area contributed by atoms with E-state index in [1.54, 1.807) is 26.0 Å². The van der Waals surface area contributed by atoms with Crippen LogP contribution in [0.3, 0.4) is 0 Å². The lowest BCUT2D eigenvalue weighted by atomic mass is 10.0. The molecule has 1 aliphatic rings. The van der Waals surface area contributed by atoms with Gasteiger partial charge in [-0.2, -0.15) is 18.3 Å². The fourth-order valence-electron chi connectivity index (χ4n) is 4.59. The summed E-state index contributed by atoms with van der Waals surface area (Å²) in [5.41, 5.74) is 0.542. The molecule has 4 aromatic carbocycles. The number of hydrogen-bond acceptors (Lipinski definition) is 5. The highest BCUT2D eigenvalue weighted by Crippen LogP contribution is 2.43. The number of alkyl halides is 3. The maximum atomic E-state index is 15.3. The minimum Gasteiger partial charge on any atom is -0.505 e. The number of amides is 1. The number of hydrogen-bond donors (Lipinski definition) is 3. The van der Waals surface area contributed by atoms with Crippen molar-refractivity contribution in [2.45, 2.75) is 20.0 Å². The second kappa shape index (κ2) is 10.7. The SMILES string of the molecule is Cc1ccc(N2C(=O)C(=NNc3cc(Cl)cc(-c4ccc(F)c(C(=O)O)c4)c3O)c3c(F)cc(C(F)(F)F)cc32)cc1C. The molecular weight excluding hydrogens is 597 g/mol. The van der Waals surface area contributed by atoms with Crippen molar-refractivity contribution in [2.24, 2.45) is 5.10 Å². The monoisotopic (exact) mass is 615 g/mol. The molecule has 0 aliphatic carbocycles. The summed E-state index contributed by atoms with van der Waals surface area (Å²) in [6.45, 7) is 3.54. The number of carbonyl (C=O) groups excluding carboxylic acids is 1. The minimum absolute atomic E-state index is 0.00704. The fourth-order valence-corrected chi connectivity index (χ4v) is 4.81. The molecule has 1 amide bonds. The van der Waals surface area contributed by atoms with Gasteiger partial charge in [0.2, 0.25) is 0 Å². The Morgan fingerprint density at radius 1 is 0.953 bits per heavy atom. The van der Waals surface area contributed by atoms with E-state index in [-0.39, 0.29) is 39.3 Å². The standard InChI is InChI=1S/C30H19ClF5N3O4/c1-13-3-5-18(7-14(13)2)39-24-10-16(30(34,35)36)9-22(33)25(24)26(28(39)41)38-37-23-12-17(31)11-19(27(23)40)15-4-6-21(32)20(8-15)29(42)43/h3-12,37,40H,1-2H3,(H,42,43). The van der Waals surface area contributed by atoms with Crippen LogP contribution >= 0.6 is 11.6 Å². The lowest BCUT2D eigenvalue weighted by Crippen LogP contribution is -2.26. The second-order valence-electron chi connectivity index (χ2n) is 9.68. The summed E-state index contributed by atoms with van der Waals surface area (Å²) in [5.74, 6) is -5.40. The second-order valence-corrected chi connectivity index (χ2v) is 10.1. The van der Waals surface area contributed by atoms with Gasteiger partial charge in [0, 0.05) is 16.3 Å². The first-order chi connectivity index (χ1) is 20.2. The molecule has 0 spiro atoms. The normalized spacial score (nSPS) is 13.9. The van der Waals surface area contributed by atoms with Gasteiger partial charge in [0.15, 0.2) is 5.71 Å². The molecule has 4 aromatic rings. The van der Waals surface area contributed by atoms with E-state index in [0.29, 0.717) is 6.07 Å². The summed E-state index contributed by atoms with van der Waals surface area (Å²) in [6.07, 6.45) is -4.91. The highest BCUT2D eigenvalue weighted by molar-refractivity contribution is 6.56. The molecule has 13 heteroatoms. The largest absolute Gasteiger partial charge is 0.505 e. The highest BCUT2D eigenvalue weighted by Gasteiger charge is 2.41. The van der Waals surface area contributed by atoms with Crippen LogP contribution in [-0.4, -0.2) is 27.8 Å². The van der Waals surface area contributed by atoms with Crippen LogP contribution in [0.4, 0.5) is 39.0 Å². The van der Waals surface area contributed by atoms with Gasteiger partial charge >= 0.3 is 12.1 Å². The van der Waals surface area contributed by atoms with Gasteiger partial charge in [-0.3, -0.25) is 15.1 Å². The van der Waals surface area contributed by atoms with Gasteiger partial charge in [-0.15, -0.1) is 0 Å². The van der Waals surface area contributed by atoms with Crippen LogP contribution < -0.4 is 10.3 Å². The van der Waals surface area contributed by atoms with Gasteiger partial charge in [0.05, 0.1) is 22.4 Å². The Balaban J connectivity index is 1.63. The molecule has 0 radical (unpaired) electrons. The number of phenolic OH excluding ortho intramolecular Hbond substituents is 1. The molecule has 0 saturated carbocycles. The third-order valence-electron chi connectivity index (χ3n) is 6.90. The van der Waals surface area contributed by atoms with Gasteiger partial charge < -0.3 is 10.2 Å². The lowest BCUT2D eigenvalue weighted by Gasteiger charge is -2.19. The van der Waals surface area contributed by atoms with Crippen LogP contribution in [0.2, 0.25) is 5.02 Å². The molecule has 220 valence electrons. The maximum absolute atomic E-state index is 15.3. The summed E-state index contributed by atoms with van der Waals surface area (Å²) in [4.78, 5) is 25.9. The average Bonchev–Trinajstić information content (AvgIpc) is 3.21. The summed E-state index contributed by atoms with van der Waals surface area (Å²) in [5, 5.41) is 24.2. The predicted molar refractivity (Wildman–Crippen MR) is 150 cm³/mol. The van der Waals surface area contributed by atoms with Crippen molar-refractivity contribution in [2.75, 3.05) is 10.3 Å². The Hall–Kier alpha value is -4.97. The zero-order valence-corrected chi connectivity index (χ0v) is 22.9. The first-order valence-corrected chi connectivity index (χ1v) is 12.8. The number of anilines is 3. The van der Waals surface area contributed by atoms with Crippen LogP contribution in [0.15, 0.2) is 65.8 Å². The van der Waals surface area contributed by atoms with Gasteiger partial charge in [0.1, 0.15) is 23.1 Å². The number of benzene rings is 4. The minimum atomic E-state index is -4.91. The van der Waals surface area contributed by atoms with E-state index in [1.807, 2.05) is 0 Å². The number of aryl methyl sites for hydroxylation is 2. The van der Waals surface area contributed by atoms with Crippen molar-refractivity contribution in [1.82, 2.24) is 0 Å². The number of halogens is 6. The topological polar surface area (TPSA) is 102 Å². The van der Waals surface area contributed by atoms with Gasteiger partial charge in [-0.25, -0.2) is 13.6 Å². The van der Waals surface area contributed by atoms with E-state index in [1.165, 1.54) is 24.3 Å². The summed E-state index contributed by atoms with van der Waals surface area (Å²) in [6, 6.07) is 11.2. The van der Waals surface area contributed by atoms with Crippen LogP contribution in [0.1, 0.15) is 32.6 Å². The number of hydrazone groups is 1. The Morgan fingerprint density at radius 3 is 2.33 bits per heavy atom. The van der Waals surface area contributed by atoms with E-state index in [2.05, 4.69) is 10.5 Å². The summed E-state index contributed by atoms with van der Waals surface area (Å²) >= 11 is 6.20. The number of carboxylic acids is 1. The van der Waals surface area contributed by atoms with Crippen molar-refractivity contribution >= 4 is 46.3 Å². The van der Waals surface area contributed by atoms with E-state index in [0.717, 1.165) is 28.2 Å². The number of carboxylic acid groups (broad SMARTS) is 1. The number of carbonyl (C=O) groups is 2. The van der Waals surface area contributed by atoms with E-state index in [9.17, 15) is 37.4 Å². The number of nitrogens with one attached hydrogen (secondary N) is 1. The Morgan fingerprint density at radius 2 is 1.67 bits per heavy atom. The van der Waals surface area contributed by atoms with Crippen molar-refractivity contribution in [1.29, 1.82) is 0 Å². The quantitative estimate of drug-likeness (QED) is 0.121. The van der Waals surface area contributed by atoms with Crippen molar-refractivity contribution in [3.05, 3.63) is 105 Å². The molecule has 0 aromatic heterocycles. The highest BCUT2D eigenvalue weighted by atomic mass is 35.5. The third kappa shape index (κ3) is 5.37. The van der Waals surface area contributed by atoms with E-state index in [4.69, 9.17) is 11.6 Å². The molecular formula is C30H19ClF5N3O4. The smallest absolute Gasteiger partial charge is 0.416 e. The first kappa shape index (κ1) is 29.5. The van der Waals surface area contributed by atoms with Gasteiger partial charge in [0.25, 0.3) is 5.91 Å². The van der Waals surface area contributed by atoms with Crippen LogP contribution in [0.25, 0.3) is 11.1 Å². The fraction of sp³-hybridized carbons (Fsp3) is 0.100. The Bertz CT molecular complexity index is 1870. The lowest BCUT2D eigenvalue weighted by molar-refractivity contribution is -0.137. The maximum Gasteiger partial charge on any atom is 0.416 e. The van der Waals surface area contributed by atoms with Gasteiger partial charge in [-0.05, 0) is 79.1 Å². The molecule has 7 nitrogen and oxygen atoms in total. The average molecular weight is 616 g/mol. The predicted octanol–water partition coefficient (Wildman–Crippen LogP) is 7.82. The molecule has 0 bridgehead atoms. The summed E-state index contributed by atoms with van der Waals surface area (Å²) in [7, 11) is 0. The molecule has 0 atom stereocenters. The molecule has 5 rings (SSSR count). The molecule has 1 heterocycles. The molecule has 0 saturated heterocycles. The Labute approximate surface area is 245 Å². The first-order valence-electron chi connectivity index (χ1n) is 12.4. The number of rotatable bonds is 5. The van der Waals surface area contributed by atoms with Crippen LogP contribution in [-0.2, 0) is 11.0 Å². The molecule has 0 unspecified atom stereocenters. The van der Waals surface area contributed by atoms with Crippen LogP contribution in [0.5, 0.6) is 5.75 Å². The third-order valence-corrected chi connectivity index (χ3v) is 7.12. The van der Waals surface area contributed by atoms with Gasteiger partial charge in [-0.1, -0.05) is 23.7 Å². The van der Waals surface area contributed by atoms with Crippen molar-refractivity contribution in [3.8, 4) is 16.9 Å². The number of aromatic hydroxyl groups is 1. The van der Waals surface area contributed by atoms with Crippen molar-refractivity contribution < 1.29 is 41.8 Å². The Kier molecular flexibility index (Phi) is 7.34. The zero-order chi connectivity index (χ0) is 31.4.